The van der Waals surface area contributed by atoms with E-state index in [2.05, 4.69) is 46.0 Å². The molecule has 0 N–H and O–H groups in total. The molecule has 0 radical (unpaired) electrons. The highest BCUT2D eigenvalue weighted by Crippen LogP contribution is 2.26. The lowest BCUT2D eigenvalue weighted by molar-refractivity contribution is 0.0695. The van der Waals surface area contributed by atoms with Gasteiger partial charge in [0.1, 0.15) is 5.69 Å². The predicted molar refractivity (Wildman–Crippen MR) is 143 cm³/mol. The molecule has 1 aliphatic heterocycles. The van der Waals surface area contributed by atoms with Gasteiger partial charge in [-0.05, 0) is 79.1 Å². The fraction of sp³-hybridized carbons (Fsp3) is 0.267. The van der Waals surface area contributed by atoms with E-state index in [0.29, 0.717) is 12.5 Å². The van der Waals surface area contributed by atoms with E-state index in [9.17, 15) is 4.79 Å². The number of carbonyl (C=O) groups is 1. The molecular formula is C30H30ClN3O. The fourth-order valence-corrected chi connectivity index (χ4v) is 5.00. The van der Waals surface area contributed by atoms with Gasteiger partial charge in [0.15, 0.2) is 0 Å². The summed E-state index contributed by atoms with van der Waals surface area (Å²) in [5.41, 5.74) is 4.28. The minimum Gasteiger partial charge on any atom is -0.337 e. The van der Waals surface area contributed by atoms with E-state index in [1.165, 1.54) is 5.56 Å². The predicted octanol–water partition coefficient (Wildman–Crippen LogP) is 6.78. The van der Waals surface area contributed by atoms with Gasteiger partial charge >= 0.3 is 0 Å². The molecule has 35 heavy (non-hydrogen) atoms. The minimum atomic E-state index is 0.121. The summed E-state index contributed by atoms with van der Waals surface area (Å²) in [7, 11) is 0. The van der Waals surface area contributed by atoms with Crippen molar-refractivity contribution in [1.29, 1.82) is 0 Å². The number of hydrogen-bond donors (Lipinski definition) is 0. The van der Waals surface area contributed by atoms with Gasteiger partial charge in [-0.2, -0.15) is 0 Å². The van der Waals surface area contributed by atoms with Crippen LogP contribution in [0.3, 0.4) is 0 Å². The number of halogens is 1. The normalized spacial score (nSPS) is 14.7. The third-order valence-electron chi connectivity index (χ3n) is 6.87. The van der Waals surface area contributed by atoms with E-state index in [1.807, 2.05) is 59.8 Å². The molecule has 4 nitrogen and oxygen atoms in total. The van der Waals surface area contributed by atoms with E-state index in [1.54, 1.807) is 0 Å². The van der Waals surface area contributed by atoms with Crippen LogP contribution in [0.5, 0.6) is 0 Å². The van der Waals surface area contributed by atoms with E-state index in [4.69, 9.17) is 11.6 Å². The lowest BCUT2D eigenvalue weighted by atomic mass is 9.95. The largest absolute Gasteiger partial charge is 0.337 e. The van der Waals surface area contributed by atoms with Crippen LogP contribution in [0.15, 0.2) is 91.3 Å². The van der Waals surface area contributed by atoms with Crippen molar-refractivity contribution >= 4 is 28.4 Å². The lowest BCUT2D eigenvalue weighted by Crippen LogP contribution is -2.39. The number of benzene rings is 2. The second-order valence-corrected chi connectivity index (χ2v) is 9.69. The summed E-state index contributed by atoms with van der Waals surface area (Å²) < 4.78 is 2.14. The molecule has 1 aliphatic rings. The molecule has 5 rings (SSSR count). The smallest absolute Gasteiger partial charge is 0.270 e. The van der Waals surface area contributed by atoms with Crippen LogP contribution in [-0.4, -0.2) is 33.4 Å². The Balaban J connectivity index is 1.24. The van der Waals surface area contributed by atoms with Crippen LogP contribution in [-0.2, 0) is 13.0 Å². The van der Waals surface area contributed by atoms with Gasteiger partial charge in [-0.25, -0.2) is 0 Å². The second kappa shape index (κ2) is 10.9. The molecule has 4 aromatic rings. The molecule has 5 heteroatoms. The third-order valence-corrected chi connectivity index (χ3v) is 7.12. The van der Waals surface area contributed by atoms with Gasteiger partial charge in [-0.3, -0.25) is 9.78 Å². The number of carbonyl (C=O) groups excluding carboxylic acids is 1. The summed E-state index contributed by atoms with van der Waals surface area (Å²) in [6.07, 6.45) is 12.4. The SMILES string of the molecule is O=C(c1cc2ccccc2n1Cc1ccc(Cl)cc1)N1CCC(/C=C\CCc2ccncc2)CC1. The number of amides is 1. The Morgan fingerprint density at radius 2 is 1.71 bits per heavy atom. The highest BCUT2D eigenvalue weighted by molar-refractivity contribution is 6.30. The molecule has 0 saturated carbocycles. The summed E-state index contributed by atoms with van der Waals surface area (Å²) in [5, 5.41) is 1.81. The summed E-state index contributed by atoms with van der Waals surface area (Å²) >= 11 is 6.08. The van der Waals surface area contributed by atoms with Gasteiger partial charge in [-0.15, -0.1) is 0 Å². The van der Waals surface area contributed by atoms with Crippen molar-refractivity contribution in [3.8, 4) is 0 Å². The van der Waals surface area contributed by atoms with Crippen LogP contribution in [0.2, 0.25) is 5.02 Å². The summed E-state index contributed by atoms with van der Waals surface area (Å²) in [6.45, 7) is 2.23. The minimum absolute atomic E-state index is 0.121. The Morgan fingerprint density at radius 3 is 2.49 bits per heavy atom. The summed E-state index contributed by atoms with van der Waals surface area (Å²) in [4.78, 5) is 19.7. The van der Waals surface area contributed by atoms with Crippen LogP contribution < -0.4 is 0 Å². The average molecular weight is 484 g/mol. The first-order valence-electron chi connectivity index (χ1n) is 12.3. The number of pyridine rings is 1. The van der Waals surface area contributed by atoms with Crippen molar-refractivity contribution in [3.63, 3.8) is 0 Å². The molecule has 0 bridgehead atoms. The van der Waals surface area contributed by atoms with Crippen molar-refractivity contribution < 1.29 is 4.79 Å². The molecule has 3 heterocycles. The second-order valence-electron chi connectivity index (χ2n) is 9.25. The van der Waals surface area contributed by atoms with Gasteiger partial charge < -0.3 is 9.47 Å². The maximum Gasteiger partial charge on any atom is 0.270 e. The Hall–Kier alpha value is -3.37. The number of aryl methyl sites for hydroxylation is 1. The molecule has 2 aromatic heterocycles. The zero-order chi connectivity index (χ0) is 24.0. The quantitative estimate of drug-likeness (QED) is 0.272. The van der Waals surface area contributed by atoms with Gasteiger partial charge in [0.05, 0.1) is 0 Å². The van der Waals surface area contributed by atoms with Crippen molar-refractivity contribution in [2.75, 3.05) is 13.1 Å². The van der Waals surface area contributed by atoms with Crippen LogP contribution in [0.25, 0.3) is 10.9 Å². The Kier molecular flexibility index (Phi) is 7.29. The molecule has 0 atom stereocenters. The molecule has 178 valence electrons. The topological polar surface area (TPSA) is 38.1 Å². The first kappa shape index (κ1) is 23.4. The van der Waals surface area contributed by atoms with Gasteiger partial charge in [0.2, 0.25) is 0 Å². The average Bonchev–Trinajstić information content (AvgIpc) is 3.27. The van der Waals surface area contributed by atoms with Crippen LogP contribution in [0.1, 0.15) is 40.9 Å². The van der Waals surface area contributed by atoms with Crippen molar-refractivity contribution in [2.24, 2.45) is 5.92 Å². The van der Waals surface area contributed by atoms with Crippen molar-refractivity contribution in [2.45, 2.75) is 32.2 Å². The maximum atomic E-state index is 13.6. The standard InChI is InChI=1S/C30H30ClN3O/c31-27-11-9-25(10-12-27)22-34-28-8-4-3-7-26(28)21-29(34)30(35)33-19-15-24(16-20-33)6-2-1-5-23-13-17-32-18-14-23/h2-4,6-14,17-18,21,24H,1,5,15-16,19-20,22H2/b6-2-. The molecule has 1 saturated heterocycles. The molecule has 0 unspecified atom stereocenters. The van der Waals surface area contributed by atoms with Crippen molar-refractivity contribution in [1.82, 2.24) is 14.5 Å². The van der Waals surface area contributed by atoms with E-state index in [0.717, 1.165) is 66.0 Å². The number of rotatable bonds is 7. The number of aromatic nitrogens is 2. The Morgan fingerprint density at radius 1 is 0.971 bits per heavy atom. The lowest BCUT2D eigenvalue weighted by Gasteiger charge is -2.31. The maximum absolute atomic E-state index is 13.6. The first-order valence-corrected chi connectivity index (χ1v) is 12.7. The number of para-hydroxylation sites is 1. The Bertz CT molecular complexity index is 1300. The number of fused-ring (bicyclic) bond motifs is 1. The van der Waals surface area contributed by atoms with Gasteiger partial charge in [0.25, 0.3) is 5.91 Å². The van der Waals surface area contributed by atoms with Crippen LogP contribution in [0, 0.1) is 5.92 Å². The van der Waals surface area contributed by atoms with Crippen molar-refractivity contribution in [3.05, 3.63) is 113 Å². The zero-order valence-electron chi connectivity index (χ0n) is 19.8. The van der Waals surface area contributed by atoms with Gasteiger partial charge in [0, 0.05) is 48.0 Å². The van der Waals surface area contributed by atoms with Gasteiger partial charge in [-0.1, -0.05) is 54.1 Å². The molecule has 2 aromatic carbocycles. The zero-order valence-corrected chi connectivity index (χ0v) is 20.6. The molecule has 0 aliphatic carbocycles. The first-order chi connectivity index (χ1) is 17.2. The molecule has 0 spiro atoms. The summed E-state index contributed by atoms with van der Waals surface area (Å²) in [6, 6.07) is 22.3. The number of nitrogens with zero attached hydrogens (tertiary/aromatic N) is 3. The van der Waals surface area contributed by atoms with Crippen LogP contribution >= 0.6 is 11.6 Å². The number of allylic oxidation sites excluding steroid dienone is 2. The third kappa shape index (κ3) is 5.66. The van der Waals surface area contributed by atoms with Crippen LogP contribution in [0.4, 0.5) is 0 Å². The summed E-state index contributed by atoms with van der Waals surface area (Å²) in [5.74, 6) is 0.659. The van der Waals surface area contributed by atoms with E-state index in [-0.39, 0.29) is 5.91 Å². The monoisotopic (exact) mass is 483 g/mol. The number of likely N-dealkylation sites (tertiary alicyclic amines) is 1. The molecule has 1 amide bonds. The number of piperidine rings is 1. The Labute approximate surface area is 211 Å². The van der Waals surface area contributed by atoms with E-state index < -0.39 is 0 Å². The van der Waals surface area contributed by atoms with E-state index >= 15 is 0 Å². The number of hydrogen-bond acceptors (Lipinski definition) is 2. The fourth-order valence-electron chi connectivity index (χ4n) is 4.88. The molecule has 1 fully saturated rings. The highest BCUT2D eigenvalue weighted by atomic mass is 35.5. The molecular weight excluding hydrogens is 454 g/mol. The highest BCUT2D eigenvalue weighted by Gasteiger charge is 2.25.